The summed E-state index contributed by atoms with van der Waals surface area (Å²) in [5, 5.41) is 25.0. The molecule has 4 aromatic rings. The zero-order valence-corrected chi connectivity index (χ0v) is 24.4. The topological polar surface area (TPSA) is 107 Å². The van der Waals surface area contributed by atoms with Crippen LogP contribution in [-0.4, -0.2) is 76.1 Å². The van der Waals surface area contributed by atoms with Crippen LogP contribution in [0, 0.1) is 23.0 Å². The number of phenols is 1. The van der Waals surface area contributed by atoms with Crippen LogP contribution in [0.5, 0.6) is 11.6 Å². The van der Waals surface area contributed by atoms with Crippen LogP contribution in [0.15, 0.2) is 41.3 Å². The molecule has 0 radical (unpaired) electrons. The normalized spacial score (nSPS) is 26.1. The lowest BCUT2D eigenvalue weighted by Gasteiger charge is -2.36. The second-order valence-electron chi connectivity index (χ2n) is 12.8. The van der Waals surface area contributed by atoms with Crippen molar-refractivity contribution in [3.63, 3.8) is 0 Å². The molecular weight excluding hydrogens is 585 g/mol. The lowest BCUT2D eigenvalue weighted by Crippen LogP contribution is -2.51. The van der Waals surface area contributed by atoms with Crippen molar-refractivity contribution in [2.75, 3.05) is 37.7 Å². The maximum Gasteiger partial charge on any atom is 0.281 e. The molecule has 2 aromatic carbocycles. The van der Waals surface area contributed by atoms with E-state index in [9.17, 15) is 23.9 Å². The number of nitriles is 1. The number of anilines is 1. The number of benzene rings is 2. The second kappa shape index (κ2) is 10.4. The molecular formula is C33H31F3N6O3. The number of fused-ring (bicyclic) bond motifs is 5. The average Bonchev–Trinajstić information content (AvgIpc) is 3.67. The van der Waals surface area contributed by atoms with Gasteiger partial charge in [0.2, 0.25) is 5.88 Å². The van der Waals surface area contributed by atoms with Gasteiger partial charge in [0.1, 0.15) is 35.7 Å². The molecule has 2 bridgehead atoms. The molecule has 9 nitrogen and oxygen atoms in total. The van der Waals surface area contributed by atoms with E-state index in [0.29, 0.717) is 37.1 Å². The molecule has 0 saturated carbocycles. The van der Waals surface area contributed by atoms with Crippen molar-refractivity contribution in [3.8, 4) is 23.4 Å². The first-order valence-electron chi connectivity index (χ1n) is 15.4. The van der Waals surface area contributed by atoms with Crippen molar-refractivity contribution in [1.82, 2.24) is 19.8 Å². The summed E-state index contributed by atoms with van der Waals surface area (Å²) in [6.07, 6.45) is 4.47. The molecule has 2 unspecified atom stereocenters. The molecule has 4 atom stereocenters. The van der Waals surface area contributed by atoms with Crippen LogP contribution in [0.3, 0.4) is 0 Å². The number of phenolic OH excluding ortho intramolecular Hbond substituents is 1. The number of piperazine rings is 1. The number of aromatic hydroxyl groups is 1. The Morgan fingerprint density at radius 1 is 1.16 bits per heavy atom. The monoisotopic (exact) mass is 616 g/mol. The van der Waals surface area contributed by atoms with Gasteiger partial charge < -0.3 is 20.1 Å². The molecule has 4 aliphatic heterocycles. The average molecular weight is 617 g/mol. The van der Waals surface area contributed by atoms with E-state index in [1.54, 1.807) is 6.07 Å². The predicted molar refractivity (Wildman–Crippen MR) is 162 cm³/mol. The van der Waals surface area contributed by atoms with E-state index in [4.69, 9.17) is 4.74 Å². The number of ether oxygens (including phenoxy) is 1. The number of halogens is 3. The Morgan fingerprint density at radius 3 is 2.73 bits per heavy atom. The number of aromatic nitrogens is 2. The zero-order chi connectivity index (χ0) is 31.0. The van der Waals surface area contributed by atoms with Gasteiger partial charge in [-0.3, -0.25) is 14.3 Å². The Hall–Kier alpha value is -4.34. The number of alkyl halides is 1. The number of nitrogens with one attached hydrogen (secondary N) is 1. The van der Waals surface area contributed by atoms with Crippen molar-refractivity contribution in [2.45, 2.75) is 55.9 Å². The van der Waals surface area contributed by atoms with Crippen LogP contribution in [0.1, 0.15) is 37.7 Å². The summed E-state index contributed by atoms with van der Waals surface area (Å²) in [6, 6.07) is 9.18. The third-order valence-electron chi connectivity index (χ3n) is 10.1. The van der Waals surface area contributed by atoms with E-state index in [0.717, 1.165) is 42.9 Å². The third-order valence-corrected chi connectivity index (χ3v) is 10.1. The molecule has 0 spiro atoms. The summed E-state index contributed by atoms with van der Waals surface area (Å²) >= 11 is 0. The highest BCUT2D eigenvalue weighted by atomic mass is 19.2. The molecule has 6 heterocycles. The van der Waals surface area contributed by atoms with E-state index in [2.05, 4.69) is 26.2 Å². The first kappa shape index (κ1) is 28.2. The second-order valence-corrected chi connectivity index (χ2v) is 12.8. The number of hydrogen-bond acceptors (Lipinski definition) is 8. The Kier molecular flexibility index (Phi) is 6.48. The van der Waals surface area contributed by atoms with E-state index >= 15 is 4.39 Å². The quantitative estimate of drug-likeness (QED) is 0.342. The van der Waals surface area contributed by atoms with Gasteiger partial charge in [-0.15, -0.1) is 0 Å². The van der Waals surface area contributed by atoms with Gasteiger partial charge in [0, 0.05) is 61.2 Å². The summed E-state index contributed by atoms with van der Waals surface area (Å²) in [5.41, 5.74) is -0.486. The van der Waals surface area contributed by atoms with Gasteiger partial charge >= 0.3 is 0 Å². The fourth-order valence-corrected chi connectivity index (χ4v) is 8.12. The lowest BCUT2D eigenvalue weighted by molar-refractivity contribution is 0.110. The number of pyridine rings is 2. The maximum atomic E-state index is 15.2. The third kappa shape index (κ3) is 4.43. The van der Waals surface area contributed by atoms with Gasteiger partial charge in [-0.1, -0.05) is 6.07 Å². The van der Waals surface area contributed by atoms with Crippen LogP contribution in [-0.2, 0) is 0 Å². The van der Waals surface area contributed by atoms with E-state index in [1.165, 1.54) is 24.4 Å². The lowest BCUT2D eigenvalue weighted by atomic mass is 9.95. The minimum absolute atomic E-state index is 0.0118. The van der Waals surface area contributed by atoms with Gasteiger partial charge in [0.05, 0.1) is 16.9 Å². The number of nitrogens with zero attached hydrogens (tertiary/aromatic N) is 5. The van der Waals surface area contributed by atoms with Gasteiger partial charge in [0.15, 0.2) is 11.6 Å². The molecule has 4 aliphatic rings. The highest BCUT2D eigenvalue weighted by Gasteiger charge is 2.49. The number of hydrogen-bond donors (Lipinski definition) is 2. The smallest absolute Gasteiger partial charge is 0.281 e. The molecule has 0 aliphatic carbocycles. The maximum absolute atomic E-state index is 15.2. The number of rotatable bonds is 5. The van der Waals surface area contributed by atoms with Crippen molar-refractivity contribution in [2.24, 2.45) is 0 Å². The van der Waals surface area contributed by atoms with Gasteiger partial charge in [-0.05, 0) is 55.8 Å². The highest BCUT2D eigenvalue weighted by Crippen LogP contribution is 2.42. The Bertz CT molecular complexity index is 1970. The SMILES string of the molecule is N#Cc1c(OC[C@@]23CCCN2C[C@H](F)C3)nc2c(=O)n(-c3cc(O)cc4ccc(F)c(F)c34)ccc2c1N1CC2CCC(C1)N2. The molecule has 45 heavy (non-hydrogen) atoms. The van der Waals surface area contributed by atoms with Gasteiger partial charge in [-0.25, -0.2) is 18.2 Å². The zero-order valence-electron chi connectivity index (χ0n) is 24.4. The first-order valence-corrected chi connectivity index (χ1v) is 15.4. The highest BCUT2D eigenvalue weighted by molar-refractivity contribution is 5.97. The van der Waals surface area contributed by atoms with Crippen LogP contribution in [0.2, 0.25) is 0 Å². The molecule has 232 valence electrons. The Labute approximate surface area is 256 Å². The largest absolute Gasteiger partial charge is 0.508 e. The first-order chi connectivity index (χ1) is 21.7. The summed E-state index contributed by atoms with van der Waals surface area (Å²) in [7, 11) is 0. The van der Waals surface area contributed by atoms with E-state index in [-0.39, 0.29) is 57.9 Å². The molecule has 2 aromatic heterocycles. The Balaban J connectivity index is 1.32. The molecule has 4 saturated heterocycles. The molecule has 12 heteroatoms. The van der Waals surface area contributed by atoms with Crippen molar-refractivity contribution >= 4 is 27.4 Å². The van der Waals surface area contributed by atoms with E-state index < -0.39 is 28.9 Å². The summed E-state index contributed by atoms with van der Waals surface area (Å²) in [5.74, 6) is -2.48. The van der Waals surface area contributed by atoms with Crippen molar-refractivity contribution < 1.29 is 23.0 Å². The Morgan fingerprint density at radius 2 is 1.96 bits per heavy atom. The predicted octanol–water partition coefficient (Wildman–Crippen LogP) is 4.29. The fraction of sp³-hybridized carbons (Fsp3) is 0.424. The van der Waals surface area contributed by atoms with E-state index in [1.807, 2.05) is 0 Å². The van der Waals surface area contributed by atoms with Crippen LogP contribution >= 0.6 is 0 Å². The van der Waals surface area contributed by atoms with Crippen LogP contribution < -0.4 is 20.5 Å². The summed E-state index contributed by atoms with van der Waals surface area (Å²) < 4.78 is 51.5. The minimum atomic E-state index is -1.15. The van der Waals surface area contributed by atoms with Crippen LogP contribution in [0.4, 0.5) is 18.9 Å². The molecule has 2 N–H and O–H groups in total. The standard InChI is InChI=1S/C33H31F3N6O3/c34-19-12-33(7-1-8-41(33)14-19)17-45-31-24(13-37)30(40-15-20-3-4-21(16-40)38-20)23-6-9-42(32(44)29(23)39-31)26-11-22(43)10-18-2-5-25(35)28(36)27(18)26/h2,5-6,9-11,19-21,38,43H,1,3-4,7-8,12,14-17H2/t19-,20?,21?,33+/m1/s1. The van der Waals surface area contributed by atoms with Crippen molar-refractivity contribution in [1.29, 1.82) is 5.26 Å². The molecule has 0 amide bonds. The van der Waals surface area contributed by atoms with Crippen LogP contribution in [0.25, 0.3) is 27.4 Å². The molecule has 4 fully saturated rings. The molecule has 8 rings (SSSR count). The van der Waals surface area contributed by atoms with Gasteiger partial charge in [-0.2, -0.15) is 5.26 Å². The fourth-order valence-electron chi connectivity index (χ4n) is 8.12. The summed E-state index contributed by atoms with van der Waals surface area (Å²) in [6.45, 7) is 2.48. The van der Waals surface area contributed by atoms with Gasteiger partial charge in [0.25, 0.3) is 5.56 Å². The minimum Gasteiger partial charge on any atom is -0.508 e. The van der Waals surface area contributed by atoms with Crippen molar-refractivity contribution in [3.05, 3.63) is 64.1 Å². The summed E-state index contributed by atoms with van der Waals surface area (Å²) in [4.78, 5) is 23.1.